The maximum Gasteiger partial charge on any atom is 0.318 e. The fraction of sp³-hybridized carbons (Fsp3) is 0.900. The quantitative estimate of drug-likeness (QED) is 0.644. The second-order valence-electron chi connectivity index (χ2n) is 3.48. The van der Waals surface area contributed by atoms with E-state index in [1.165, 1.54) is 0 Å². The van der Waals surface area contributed by atoms with Crippen molar-refractivity contribution in [1.29, 1.82) is 0 Å². The lowest BCUT2D eigenvalue weighted by molar-refractivity contribution is -0.142. The normalized spacial score (nSPS) is 15.5. The van der Waals surface area contributed by atoms with Gasteiger partial charge in [-0.2, -0.15) is 0 Å². The van der Waals surface area contributed by atoms with Gasteiger partial charge in [0.1, 0.15) is 0 Å². The van der Waals surface area contributed by atoms with E-state index in [1.54, 1.807) is 11.8 Å². The van der Waals surface area contributed by atoms with Crippen LogP contribution >= 0.6 is 11.8 Å². The van der Waals surface area contributed by atoms with Crippen molar-refractivity contribution in [3.05, 3.63) is 0 Å². The standard InChI is InChI=1S/C10H20O2S/c1-6-12-10(11)9(5)13-8(4)7(2)3/h7-9H,6H2,1-5H3. The molecule has 0 saturated carbocycles. The smallest absolute Gasteiger partial charge is 0.318 e. The number of carbonyl (C=O) groups is 1. The average molecular weight is 204 g/mol. The summed E-state index contributed by atoms with van der Waals surface area (Å²) in [7, 11) is 0. The molecular formula is C10H20O2S. The van der Waals surface area contributed by atoms with Crippen molar-refractivity contribution in [3.8, 4) is 0 Å². The lowest BCUT2D eigenvalue weighted by Crippen LogP contribution is -2.21. The van der Waals surface area contributed by atoms with Crippen LogP contribution in [0, 0.1) is 5.92 Å². The minimum absolute atomic E-state index is 0.0441. The van der Waals surface area contributed by atoms with Crippen LogP contribution in [0.15, 0.2) is 0 Å². The first-order valence-electron chi connectivity index (χ1n) is 4.81. The van der Waals surface area contributed by atoms with Gasteiger partial charge >= 0.3 is 5.97 Å². The van der Waals surface area contributed by atoms with Crippen molar-refractivity contribution >= 4 is 17.7 Å². The first-order chi connectivity index (χ1) is 5.99. The molecule has 0 bridgehead atoms. The number of thioether (sulfide) groups is 1. The van der Waals surface area contributed by atoms with Gasteiger partial charge in [0.15, 0.2) is 0 Å². The SMILES string of the molecule is CCOC(=O)C(C)SC(C)C(C)C. The minimum atomic E-state index is -0.0972. The van der Waals surface area contributed by atoms with Crippen molar-refractivity contribution in [2.75, 3.05) is 6.61 Å². The summed E-state index contributed by atoms with van der Waals surface area (Å²) in [5.74, 6) is 0.502. The van der Waals surface area contributed by atoms with E-state index in [9.17, 15) is 4.79 Å². The molecule has 0 aromatic rings. The van der Waals surface area contributed by atoms with Gasteiger partial charge in [-0.15, -0.1) is 11.8 Å². The second-order valence-corrected chi connectivity index (χ2v) is 5.20. The molecule has 78 valence electrons. The van der Waals surface area contributed by atoms with E-state index in [-0.39, 0.29) is 11.2 Å². The van der Waals surface area contributed by atoms with Crippen molar-refractivity contribution in [1.82, 2.24) is 0 Å². The Bertz CT molecular complexity index is 157. The highest BCUT2D eigenvalue weighted by molar-refractivity contribution is 8.01. The number of esters is 1. The van der Waals surface area contributed by atoms with Crippen molar-refractivity contribution in [2.45, 2.75) is 45.1 Å². The monoisotopic (exact) mass is 204 g/mol. The summed E-state index contributed by atoms with van der Waals surface area (Å²) in [6.07, 6.45) is 0. The van der Waals surface area contributed by atoms with Gasteiger partial charge in [0.05, 0.1) is 11.9 Å². The number of carbonyl (C=O) groups excluding carboxylic acids is 1. The Balaban J connectivity index is 3.85. The van der Waals surface area contributed by atoms with Gasteiger partial charge in [-0.25, -0.2) is 0 Å². The molecule has 2 nitrogen and oxygen atoms in total. The molecule has 0 spiro atoms. The summed E-state index contributed by atoms with van der Waals surface area (Å²) in [5, 5.41) is 0.455. The zero-order chi connectivity index (χ0) is 10.4. The highest BCUT2D eigenvalue weighted by Crippen LogP contribution is 2.24. The molecular weight excluding hydrogens is 184 g/mol. The second kappa shape index (κ2) is 6.30. The summed E-state index contributed by atoms with van der Waals surface area (Å²) in [5.41, 5.74) is 0. The third-order valence-electron chi connectivity index (χ3n) is 1.98. The number of hydrogen-bond acceptors (Lipinski definition) is 3. The van der Waals surface area contributed by atoms with Crippen LogP contribution in [0.3, 0.4) is 0 Å². The Labute approximate surface area is 85.4 Å². The molecule has 0 saturated heterocycles. The van der Waals surface area contributed by atoms with E-state index in [0.717, 1.165) is 0 Å². The lowest BCUT2D eigenvalue weighted by Gasteiger charge is -2.18. The Morgan fingerprint density at radius 2 is 1.85 bits per heavy atom. The number of hydrogen-bond donors (Lipinski definition) is 0. The zero-order valence-corrected chi connectivity index (χ0v) is 9.98. The largest absolute Gasteiger partial charge is 0.465 e. The molecule has 0 aromatic carbocycles. The van der Waals surface area contributed by atoms with Crippen LogP contribution in [0.4, 0.5) is 0 Å². The third kappa shape index (κ3) is 5.19. The van der Waals surface area contributed by atoms with Crippen LogP contribution in [-0.4, -0.2) is 23.1 Å². The van der Waals surface area contributed by atoms with Gasteiger partial charge < -0.3 is 4.74 Å². The molecule has 13 heavy (non-hydrogen) atoms. The summed E-state index contributed by atoms with van der Waals surface area (Å²) < 4.78 is 4.92. The van der Waals surface area contributed by atoms with E-state index >= 15 is 0 Å². The van der Waals surface area contributed by atoms with Gasteiger partial charge in [0, 0.05) is 5.25 Å². The molecule has 0 rings (SSSR count). The molecule has 0 aliphatic rings. The third-order valence-corrected chi connectivity index (χ3v) is 3.55. The van der Waals surface area contributed by atoms with Crippen molar-refractivity contribution < 1.29 is 9.53 Å². The van der Waals surface area contributed by atoms with Crippen LogP contribution < -0.4 is 0 Å². The topological polar surface area (TPSA) is 26.3 Å². The molecule has 0 aromatic heterocycles. The molecule has 0 amide bonds. The molecule has 2 atom stereocenters. The Kier molecular flexibility index (Phi) is 6.21. The lowest BCUT2D eigenvalue weighted by atomic mass is 10.2. The van der Waals surface area contributed by atoms with E-state index in [0.29, 0.717) is 17.8 Å². The Morgan fingerprint density at radius 3 is 2.23 bits per heavy atom. The minimum Gasteiger partial charge on any atom is -0.465 e. The molecule has 0 heterocycles. The van der Waals surface area contributed by atoms with Crippen LogP contribution in [0.2, 0.25) is 0 Å². The highest BCUT2D eigenvalue weighted by Gasteiger charge is 2.19. The average Bonchev–Trinajstić information content (AvgIpc) is 2.04. The summed E-state index contributed by atoms with van der Waals surface area (Å²) >= 11 is 1.68. The first kappa shape index (κ1) is 12.8. The van der Waals surface area contributed by atoms with E-state index < -0.39 is 0 Å². The molecule has 3 heteroatoms. The summed E-state index contributed by atoms with van der Waals surface area (Å²) in [6.45, 7) is 10.7. The van der Waals surface area contributed by atoms with Gasteiger partial charge in [0.25, 0.3) is 0 Å². The van der Waals surface area contributed by atoms with Crippen molar-refractivity contribution in [3.63, 3.8) is 0 Å². The van der Waals surface area contributed by atoms with Crippen molar-refractivity contribution in [2.24, 2.45) is 5.92 Å². The zero-order valence-electron chi connectivity index (χ0n) is 9.16. The van der Waals surface area contributed by atoms with E-state index in [4.69, 9.17) is 4.74 Å². The van der Waals surface area contributed by atoms with E-state index in [2.05, 4.69) is 20.8 Å². The summed E-state index contributed by atoms with van der Waals surface area (Å²) in [4.78, 5) is 11.3. The van der Waals surface area contributed by atoms with Gasteiger partial charge in [-0.3, -0.25) is 4.79 Å². The molecule has 0 radical (unpaired) electrons. The van der Waals surface area contributed by atoms with Crippen LogP contribution in [-0.2, 0) is 9.53 Å². The Hall–Kier alpha value is -0.180. The predicted molar refractivity (Wildman–Crippen MR) is 58.0 cm³/mol. The fourth-order valence-electron chi connectivity index (χ4n) is 0.794. The Morgan fingerprint density at radius 1 is 1.31 bits per heavy atom. The van der Waals surface area contributed by atoms with Gasteiger partial charge in [0.2, 0.25) is 0 Å². The van der Waals surface area contributed by atoms with Crippen LogP contribution in [0.25, 0.3) is 0 Å². The van der Waals surface area contributed by atoms with Gasteiger partial charge in [-0.1, -0.05) is 20.8 Å². The molecule has 0 aliphatic heterocycles. The molecule has 0 N–H and O–H groups in total. The maximum absolute atomic E-state index is 11.3. The molecule has 0 aliphatic carbocycles. The first-order valence-corrected chi connectivity index (χ1v) is 5.75. The number of rotatable bonds is 5. The number of ether oxygens (including phenoxy) is 1. The van der Waals surface area contributed by atoms with E-state index in [1.807, 2.05) is 13.8 Å². The summed E-state index contributed by atoms with van der Waals surface area (Å²) in [6, 6.07) is 0. The van der Waals surface area contributed by atoms with Crippen LogP contribution in [0.1, 0.15) is 34.6 Å². The molecule has 0 fully saturated rings. The molecule has 2 unspecified atom stereocenters. The predicted octanol–water partition coefficient (Wildman–Crippen LogP) is 2.72. The fourth-order valence-corrected chi connectivity index (χ4v) is 1.93. The highest BCUT2D eigenvalue weighted by atomic mass is 32.2. The van der Waals surface area contributed by atoms with Gasteiger partial charge in [-0.05, 0) is 19.8 Å². The van der Waals surface area contributed by atoms with Crippen LogP contribution in [0.5, 0.6) is 0 Å². The maximum atomic E-state index is 11.3.